The van der Waals surface area contributed by atoms with Crippen molar-refractivity contribution in [2.75, 3.05) is 5.32 Å². The Labute approximate surface area is 151 Å². The standard InChI is InChI=1S/C21H19N3O2/c1-13-18-20(17-11-6-12-26-17)19-15(9-5-10-16(19)25)22-21(18)24(23-13)14-7-3-2-4-8-14/h2-4,6-8,11-12,20,22H,5,9-10H2,1H3. The number of para-hydroxylation sites is 1. The SMILES string of the molecule is Cc1nn(-c2ccccc2)c2c1C(c1ccco1)C1=C(CCCC1=O)N2. The zero-order valence-corrected chi connectivity index (χ0v) is 14.5. The molecule has 1 aliphatic carbocycles. The molecule has 3 aromatic rings. The van der Waals surface area contributed by atoms with Gasteiger partial charge >= 0.3 is 0 Å². The van der Waals surface area contributed by atoms with E-state index >= 15 is 0 Å². The maximum absolute atomic E-state index is 12.8. The number of rotatable bonds is 2. The Morgan fingerprint density at radius 1 is 1.15 bits per heavy atom. The van der Waals surface area contributed by atoms with Gasteiger partial charge in [-0.2, -0.15) is 5.10 Å². The van der Waals surface area contributed by atoms with Crippen LogP contribution in [-0.4, -0.2) is 15.6 Å². The van der Waals surface area contributed by atoms with Crippen molar-refractivity contribution in [1.82, 2.24) is 9.78 Å². The molecule has 1 aliphatic heterocycles. The molecule has 0 bridgehead atoms. The summed E-state index contributed by atoms with van der Waals surface area (Å²) in [6, 6.07) is 13.9. The highest BCUT2D eigenvalue weighted by Crippen LogP contribution is 2.47. The minimum atomic E-state index is -0.193. The molecule has 2 aliphatic rings. The molecule has 1 N–H and O–H groups in total. The van der Waals surface area contributed by atoms with Gasteiger partial charge in [-0.25, -0.2) is 4.68 Å². The first-order valence-corrected chi connectivity index (χ1v) is 8.95. The molecule has 0 fully saturated rings. The Kier molecular flexibility index (Phi) is 3.35. The number of carbonyl (C=O) groups is 1. The van der Waals surface area contributed by atoms with Crippen LogP contribution in [0.5, 0.6) is 0 Å². The number of nitrogens with zero attached hydrogens (tertiary/aromatic N) is 2. The number of allylic oxidation sites excluding steroid dienone is 2. The number of fused-ring (bicyclic) bond motifs is 1. The summed E-state index contributed by atoms with van der Waals surface area (Å²) in [5.41, 5.74) is 4.77. The fraction of sp³-hybridized carbons (Fsp3) is 0.238. The van der Waals surface area contributed by atoms with Crippen molar-refractivity contribution in [2.24, 2.45) is 0 Å². The quantitative estimate of drug-likeness (QED) is 0.751. The Morgan fingerprint density at radius 2 is 2.00 bits per heavy atom. The molecule has 3 heterocycles. The predicted octanol–water partition coefficient (Wildman–Crippen LogP) is 4.34. The summed E-state index contributed by atoms with van der Waals surface area (Å²) in [6.07, 6.45) is 4.01. The van der Waals surface area contributed by atoms with Gasteiger partial charge in [-0.15, -0.1) is 0 Å². The number of hydrogen-bond donors (Lipinski definition) is 1. The van der Waals surface area contributed by atoms with Crippen LogP contribution in [0.25, 0.3) is 5.69 Å². The summed E-state index contributed by atoms with van der Waals surface area (Å²) in [5, 5.41) is 8.31. The van der Waals surface area contributed by atoms with Crippen LogP contribution in [0.3, 0.4) is 0 Å². The Hall–Kier alpha value is -3.08. The second-order valence-corrected chi connectivity index (χ2v) is 6.84. The molecule has 1 aromatic carbocycles. The second kappa shape index (κ2) is 5.73. The first-order valence-electron chi connectivity index (χ1n) is 8.95. The van der Waals surface area contributed by atoms with Crippen LogP contribution < -0.4 is 5.32 Å². The van der Waals surface area contributed by atoms with E-state index in [0.717, 1.165) is 52.6 Å². The summed E-state index contributed by atoms with van der Waals surface area (Å²) in [4.78, 5) is 12.8. The molecule has 5 heteroatoms. The zero-order chi connectivity index (χ0) is 17.7. The summed E-state index contributed by atoms with van der Waals surface area (Å²) >= 11 is 0. The fourth-order valence-corrected chi connectivity index (χ4v) is 4.12. The van der Waals surface area contributed by atoms with E-state index in [4.69, 9.17) is 9.52 Å². The molecule has 0 amide bonds. The highest BCUT2D eigenvalue weighted by atomic mass is 16.3. The van der Waals surface area contributed by atoms with Crippen LogP contribution >= 0.6 is 0 Å². The second-order valence-electron chi connectivity index (χ2n) is 6.84. The predicted molar refractivity (Wildman–Crippen MR) is 98.4 cm³/mol. The van der Waals surface area contributed by atoms with E-state index in [2.05, 4.69) is 5.32 Å². The number of aromatic nitrogens is 2. The first-order chi connectivity index (χ1) is 12.7. The number of Topliss-reactive ketones (excluding diaryl/α,β-unsaturated/α-hetero) is 1. The van der Waals surface area contributed by atoms with E-state index in [-0.39, 0.29) is 11.7 Å². The summed E-state index contributed by atoms with van der Waals surface area (Å²) in [7, 11) is 0. The van der Waals surface area contributed by atoms with Gasteiger partial charge in [0.05, 0.1) is 23.6 Å². The molecule has 0 saturated carbocycles. The Balaban J connectivity index is 1.76. The number of ketones is 1. The van der Waals surface area contributed by atoms with Crippen molar-refractivity contribution >= 4 is 11.6 Å². The van der Waals surface area contributed by atoms with E-state index in [0.29, 0.717) is 6.42 Å². The van der Waals surface area contributed by atoms with Gasteiger partial charge in [0, 0.05) is 23.3 Å². The topological polar surface area (TPSA) is 60.1 Å². The molecule has 5 rings (SSSR count). The van der Waals surface area contributed by atoms with Crippen LogP contribution in [0.4, 0.5) is 5.82 Å². The van der Waals surface area contributed by atoms with Gasteiger partial charge in [-0.05, 0) is 44.0 Å². The monoisotopic (exact) mass is 345 g/mol. The molecule has 1 unspecified atom stereocenters. The number of nitrogens with one attached hydrogen (secondary N) is 1. The molecular formula is C21H19N3O2. The van der Waals surface area contributed by atoms with E-state index in [1.165, 1.54) is 0 Å². The number of anilines is 1. The number of furan rings is 1. The van der Waals surface area contributed by atoms with Gasteiger partial charge in [0.2, 0.25) is 0 Å². The van der Waals surface area contributed by atoms with Crippen molar-refractivity contribution < 1.29 is 9.21 Å². The van der Waals surface area contributed by atoms with E-state index in [9.17, 15) is 4.79 Å². The van der Waals surface area contributed by atoms with Gasteiger partial charge < -0.3 is 9.73 Å². The summed E-state index contributed by atoms with van der Waals surface area (Å²) in [6.45, 7) is 1.99. The molecule has 0 spiro atoms. The lowest BCUT2D eigenvalue weighted by atomic mass is 9.78. The minimum absolute atomic E-state index is 0.193. The van der Waals surface area contributed by atoms with Crippen molar-refractivity contribution in [3.63, 3.8) is 0 Å². The molecular weight excluding hydrogens is 326 g/mol. The highest BCUT2D eigenvalue weighted by molar-refractivity contribution is 6.01. The first kappa shape index (κ1) is 15.2. The maximum atomic E-state index is 12.8. The van der Waals surface area contributed by atoms with Crippen LogP contribution in [0.1, 0.15) is 42.2 Å². The van der Waals surface area contributed by atoms with Gasteiger partial charge in [0.25, 0.3) is 0 Å². The van der Waals surface area contributed by atoms with Crippen molar-refractivity contribution in [3.05, 3.63) is 77.0 Å². The molecule has 0 saturated heterocycles. The third-order valence-electron chi connectivity index (χ3n) is 5.24. The maximum Gasteiger partial charge on any atom is 0.161 e. The lowest BCUT2D eigenvalue weighted by molar-refractivity contribution is -0.116. The zero-order valence-electron chi connectivity index (χ0n) is 14.5. The van der Waals surface area contributed by atoms with Crippen LogP contribution in [0.2, 0.25) is 0 Å². The molecule has 5 nitrogen and oxygen atoms in total. The van der Waals surface area contributed by atoms with E-state index in [1.54, 1.807) is 6.26 Å². The van der Waals surface area contributed by atoms with E-state index < -0.39 is 0 Å². The van der Waals surface area contributed by atoms with Gasteiger partial charge in [-0.3, -0.25) is 4.79 Å². The number of carbonyl (C=O) groups excluding carboxylic acids is 1. The van der Waals surface area contributed by atoms with Crippen LogP contribution in [0, 0.1) is 6.92 Å². The number of aryl methyl sites for hydroxylation is 1. The average Bonchev–Trinajstić information content (AvgIpc) is 3.30. The molecule has 0 radical (unpaired) electrons. The van der Waals surface area contributed by atoms with Crippen molar-refractivity contribution in [3.8, 4) is 5.69 Å². The van der Waals surface area contributed by atoms with Gasteiger partial charge in [-0.1, -0.05) is 18.2 Å². The minimum Gasteiger partial charge on any atom is -0.468 e. The molecule has 130 valence electrons. The fourth-order valence-electron chi connectivity index (χ4n) is 4.12. The molecule has 1 atom stereocenters. The van der Waals surface area contributed by atoms with Gasteiger partial charge in [0.1, 0.15) is 11.6 Å². The largest absolute Gasteiger partial charge is 0.468 e. The third-order valence-corrected chi connectivity index (χ3v) is 5.24. The third kappa shape index (κ3) is 2.17. The molecule has 26 heavy (non-hydrogen) atoms. The smallest absolute Gasteiger partial charge is 0.161 e. The average molecular weight is 345 g/mol. The summed E-state index contributed by atoms with van der Waals surface area (Å²) in [5.74, 6) is 1.74. The highest BCUT2D eigenvalue weighted by Gasteiger charge is 2.39. The normalized spacial score (nSPS) is 19.1. The van der Waals surface area contributed by atoms with Crippen molar-refractivity contribution in [2.45, 2.75) is 32.1 Å². The number of benzene rings is 1. The Bertz CT molecular complexity index is 1010. The lowest BCUT2D eigenvalue weighted by Gasteiger charge is -2.31. The van der Waals surface area contributed by atoms with Crippen LogP contribution in [0.15, 0.2) is 64.4 Å². The van der Waals surface area contributed by atoms with Crippen molar-refractivity contribution in [1.29, 1.82) is 0 Å². The summed E-state index contributed by atoms with van der Waals surface area (Å²) < 4.78 is 7.68. The Morgan fingerprint density at radius 3 is 2.77 bits per heavy atom. The van der Waals surface area contributed by atoms with Crippen LogP contribution in [-0.2, 0) is 4.79 Å². The molecule has 2 aromatic heterocycles. The lowest BCUT2D eigenvalue weighted by Crippen LogP contribution is -2.27. The van der Waals surface area contributed by atoms with Gasteiger partial charge in [0.15, 0.2) is 5.78 Å². The number of hydrogen-bond acceptors (Lipinski definition) is 4. The van der Waals surface area contributed by atoms with E-state index in [1.807, 2.05) is 54.1 Å².